The molecule has 4 N–H and O–H groups in total. The van der Waals surface area contributed by atoms with Gasteiger partial charge in [0.2, 0.25) is 5.91 Å². The van der Waals surface area contributed by atoms with Crippen LogP contribution >= 0.6 is 22.9 Å². The summed E-state index contributed by atoms with van der Waals surface area (Å²) in [5, 5.41) is 8.21. The number of nitrogens with one attached hydrogen (secondary N) is 2. The number of thiophene rings is 1. The van der Waals surface area contributed by atoms with Crippen LogP contribution in [0.5, 0.6) is 0 Å². The van der Waals surface area contributed by atoms with E-state index in [1.807, 2.05) is 48.5 Å². The number of aromatic nitrogens is 2. The zero-order chi connectivity index (χ0) is 25.8. The highest BCUT2D eigenvalue weighted by molar-refractivity contribution is 7.18. The maximum absolute atomic E-state index is 12.3. The van der Waals surface area contributed by atoms with Gasteiger partial charge in [0.25, 0.3) is 0 Å². The number of amides is 3. The average Bonchev–Trinajstić information content (AvgIpc) is 3.33. The van der Waals surface area contributed by atoms with Crippen molar-refractivity contribution < 1.29 is 9.59 Å². The van der Waals surface area contributed by atoms with Gasteiger partial charge in [-0.25, -0.2) is 14.8 Å². The summed E-state index contributed by atoms with van der Waals surface area (Å²) in [5.74, 6) is -0.304. The van der Waals surface area contributed by atoms with Crippen LogP contribution in [-0.4, -0.2) is 21.9 Å². The van der Waals surface area contributed by atoms with Crippen LogP contribution in [0, 0.1) is 0 Å². The van der Waals surface area contributed by atoms with Crippen LogP contribution in [0.3, 0.4) is 0 Å². The van der Waals surface area contributed by atoms with E-state index >= 15 is 0 Å². The van der Waals surface area contributed by atoms with Crippen molar-refractivity contribution in [3.63, 3.8) is 0 Å². The maximum Gasteiger partial charge on any atom is 0.323 e. The molecule has 2 heterocycles. The minimum atomic E-state index is -0.358. The van der Waals surface area contributed by atoms with E-state index in [2.05, 4.69) is 26.0 Å². The molecule has 5 aromatic rings. The topological polar surface area (TPSA) is 110 Å². The molecule has 7 nitrogen and oxygen atoms in total. The number of anilines is 2. The summed E-state index contributed by atoms with van der Waals surface area (Å²) < 4.78 is 0.981. The van der Waals surface area contributed by atoms with E-state index in [0.717, 1.165) is 38.2 Å². The van der Waals surface area contributed by atoms with Crippen molar-refractivity contribution in [2.45, 2.75) is 12.8 Å². The Hall–Kier alpha value is -4.27. The zero-order valence-corrected chi connectivity index (χ0v) is 21.1. The first kappa shape index (κ1) is 24.4. The predicted molar refractivity (Wildman–Crippen MR) is 150 cm³/mol. The monoisotopic (exact) mass is 527 g/mol. The van der Waals surface area contributed by atoms with Crippen LogP contribution in [0.4, 0.5) is 16.2 Å². The van der Waals surface area contributed by atoms with Crippen LogP contribution in [0.1, 0.15) is 12.0 Å². The van der Waals surface area contributed by atoms with Gasteiger partial charge >= 0.3 is 6.03 Å². The molecule has 0 saturated heterocycles. The summed E-state index contributed by atoms with van der Waals surface area (Å²) in [4.78, 5) is 32.5. The summed E-state index contributed by atoms with van der Waals surface area (Å²) in [7, 11) is 0. The van der Waals surface area contributed by atoms with Crippen LogP contribution in [-0.2, 0) is 11.2 Å². The Morgan fingerprint density at radius 2 is 1.62 bits per heavy atom. The van der Waals surface area contributed by atoms with Gasteiger partial charge in [-0.1, -0.05) is 54.1 Å². The van der Waals surface area contributed by atoms with Crippen molar-refractivity contribution >= 4 is 56.5 Å². The molecule has 0 fully saturated rings. The zero-order valence-electron chi connectivity index (χ0n) is 19.6. The van der Waals surface area contributed by atoms with Crippen LogP contribution < -0.4 is 16.4 Å². The van der Waals surface area contributed by atoms with Gasteiger partial charge in [-0.2, -0.15) is 0 Å². The number of aryl methyl sites for hydroxylation is 1. The quantitative estimate of drug-likeness (QED) is 0.217. The molecule has 0 atom stereocenters. The van der Waals surface area contributed by atoms with E-state index in [-0.39, 0.29) is 11.9 Å². The smallest absolute Gasteiger partial charge is 0.323 e. The number of nitrogens with two attached hydrogens (primary N) is 1. The Balaban J connectivity index is 1.33. The van der Waals surface area contributed by atoms with Crippen LogP contribution in [0.25, 0.3) is 32.6 Å². The van der Waals surface area contributed by atoms with Gasteiger partial charge in [0.05, 0.1) is 15.9 Å². The lowest BCUT2D eigenvalue weighted by Crippen LogP contribution is -2.19. The Labute approximate surface area is 222 Å². The van der Waals surface area contributed by atoms with Crippen molar-refractivity contribution in [3.8, 4) is 22.4 Å². The molecule has 0 spiro atoms. The van der Waals surface area contributed by atoms with Crippen molar-refractivity contribution in [3.05, 3.63) is 95.1 Å². The van der Waals surface area contributed by atoms with Crippen molar-refractivity contribution in [2.75, 3.05) is 10.6 Å². The third-order valence-electron chi connectivity index (χ3n) is 5.78. The minimum Gasteiger partial charge on any atom is -0.370 e. The van der Waals surface area contributed by atoms with Gasteiger partial charge in [-0.05, 0) is 47.9 Å². The van der Waals surface area contributed by atoms with E-state index < -0.39 is 0 Å². The standard InChI is InChI=1S/C28H22ClN5O2S/c29-20-2-1-3-22(14-20)34-28(36)33-21-11-9-19(10-12-21)25-27-26(32-16-31-25)23(15-37-27)18-7-4-17(5-8-18)6-13-24(30)35/h1-5,7-12,14-16H,6,13H2,(H2,30,35)(H2,33,34,36). The first-order valence-electron chi connectivity index (χ1n) is 11.5. The fourth-order valence-corrected chi connectivity index (χ4v) is 5.18. The second kappa shape index (κ2) is 10.8. The van der Waals surface area contributed by atoms with E-state index in [0.29, 0.717) is 29.2 Å². The number of benzene rings is 3. The fourth-order valence-electron chi connectivity index (χ4n) is 3.95. The molecule has 184 valence electrons. The number of urea groups is 1. The van der Waals surface area contributed by atoms with Gasteiger partial charge in [0, 0.05) is 39.3 Å². The largest absolute Gasteiger partial charge is 0.370 e. The van der Waals surface area contributed by atoms with Crippen LogP contribution in [0.15, 0.2) is 84.5 Å². The van der Waals surface area contributed by atoms with Crippen molar-refractivity contribution in [1.29, 1.82) is 0 Å². The number of rotatable bonds is 7. The molecule has 0 unspecified atom stereocenters. The minimum absolute atomic E-state index is 0.304. The molecule has 0 aliphatic heterocycles. The molecule has 0 radical (unpaired) electrons. The molecule has 3 amide bonds. The highest BCUT2D eigenvalue weighted by Crippen LogP contribution is 2.37. The van der Waals surface area contributed by atoms with E-state index in [1.165, 1.54) is 0 Å². The van der Waals surface area contributed by atoms with E-state index in [1.54, 1.807) is 41.9 Å². The molecule has 9 heteroatoms. The number of hydrogen-bond acceptors (Lipinski definition) is 5. The van der Waals surface area contributed by atoms with Gasteiger partial charge in [-0.3, -0.25) is 4.79 Å². The normalized spacial score (nSPS) is 10.8. The average molecular weight is 528 g/mol. The predicted octanol–water partition coefficient (Wildman–Crippen LogP) is 6.74. The highest BCUT2D eigenvalue weighted by atomic mass is 35.5. The Bertz CT molecular complexity index is 1580. The number of hydrogen-bond donors (Lipinski definition) is 3. The van der Waals surface area contributed by atoms with Gasteiger partial charge < -0.3 is 16.4 Å². The molecular weight excluding hydrogens is 506 g/mol. The molecule has 0 aliphatic carbocycles. The summed E-state index contributed by atoms with van der Waals surface area (Å²) >= 11 is 7.56. The highest BCUT2D eigenvalue weighted by Gasteiger charge is 2.14. The maximum atomic E-state index is 12.3. The second-order valence-electron chi connectivity index (χ2n) is 8.38. The molecule has 37 heavy (non-hydrogen) atoms. The molecule has 0 saturated carbocycles. The summed E-state index contributed by atoms with van der Waals surface area (Å²) in [6.07, 6.45) is 2.53. The first-order chi connectivity index (χ1) is 18.0. The Morgan fingerprint density at radius 3 is 2.35 bits per heavy atom. The lowest BCUT2D eigenvalue weighted by atomic mass is 10.0. The molecule has 0 aliphatic rings. The number of carbonyl (C=O) groups is 2. The Morgan fingerprint density at radius 1 is 0.892 bits per heavy atom. The third kappa shape index (κ3) is 5.77. The number of primary amides is 1. The molecule has 3 aromatic carbocycles. The number of nitrogens with zero attached hydrogens (tertiary/aromatic N) is 2. The van der Waals surface area contributed by atoms with Gasteiger partial charge in [0.1, 0.15) is 6.33 Å². The lowest BCUT2D eigenvalue weighted by Gasteiger charge is -2.09. The number of halogens is 1. The van der Waals surface area contributed by atoms with Gasteiger partial charge in [-0.15, -0.1) is 11.3 Å². The lowest BCUT2D eigenvalue weighted by molar-refractivity contribution is -0.117. The van der Waals surface area contributed by atoms with Crippen molar-refractivity contribution in [1.82, 2.24) is 9.97 Å². The number of carbonyl (C=O) groups excluding carboxylic acids is 2. The summed E-state index contributed by atoms with van der Waals surface area (Å²) in [6, 6.07) is 22.2. The first-order valence-corrected chi connectivity index (χ1v) is 12.8. The van der Waals surface area contributed by atoms with Crippen molar-refractivity contribution in [2.24, 2.45) is 5.73 Å². The molecular formula is C28H22ClN5O2S. The molecule has 5 rings (SSSR count). The Kier molecular flexibility index (Phi) is 7.11. The third-order valence-corrected chi connectivity index (χ3v) is 6.99. The number of fused-ring (bicyclic) bond motifs is 1. The second-order valence-corrected chi connectivity index (χ2v) is 9.70. The van der Waals surface area contributed by atoms with Crippen LogP contribution in [0.2, 0.25) is 5.02 Å². The summed E-state index contributed by atoms with van der Waals surface area (Å²) in [6.45, 7) is 0. The fraction of sp³-hybridized carbons (Fsp3) is 0.0714. The molecule has 2 aromatic heterocycles. The SMILES string of the molecule is NC(=O)CCc1ccc(-c2csc3c(-c4ccc(NC(=O)Nc5cccc(Cl)c5)cc4)ncnc23)cc1. The van der Waals surface area contributed by atoms with E-state index in [9.17, 15) is 9.59 Å². The van der Waals surface area contributed by atoms with E-state index in [4.69, 9.17) is 17.3 Å². The summed E-state index contributed by atoms with van der Waals surface area (Å²) in [5.41, 5.74) is 12.3. The molecule has 0 bridgehead atoms. The van der Waals surface area contributed by atoms with Gasteiger partial charge in [0.15, 0.2) is 0 Å².